The number of thioether (sulfide) groups is 1. The molecule has 0 bridgehead atoms. The van der Waals surface area contributed by atoms with Crippen molar-refractivity contribution < 1.29 is 38.1 Å². The van der Waals surface area contributed by atoms with E-state index >= 15 is 0 Å². The maximum absolute atomic E-state index is 12.9. The summed E-state index contributed by atoms with van der Waals surface area (Å²) in [6.45, 7) is 6.41. The molecule has 1 aliphatic rings. The molecule has 1 heterocycles. The fourth-order valence-electron chi connectivity index (χ4n) is 3.68. The van der Waals surface area contributed by atoms with Gasteiger partial charge < -0.3 is 29.6 Å². The lowest BCUT2D eigenvalue weighted by molar-refractivity contribution is -0.258. The van der Waals surface area contributed by atoms with E-state index < -0.39 is 29.7 Å². The zero-order chi connectivity index (χ0) is 27.4. The van der Waals surface area contributed by atoms with Crippen molar-refractivity contribution in [2.45, 2.75) is 52.4 Å². The van der Waals surface area contributed by atoms with Crippen molar-refractivity contribution in [3.63, 3.8) is 0 Å². The molecule has 1 aromatic carbocycles. The number of methoxy groups -OCH3 is 2. The van der Waals surface area contributed by atoms with E-state index in [2.05, 4.69) is 15.4 Å². The summed E-state index contributed by atoms with van der Waals surface area (Å²) < 4.78 is 21.6. The van der Waals surface area contributed by atoms with Crippen molar-refractivity contribution in [2.75, 3.05) is 39.7 Å². The van der Waals surface area contributed by atoms with Gasteiger partial charge >= 0.3 is 5.97 Å². The van der Waals surface area contributed by atoms with E-state index in [1.54, 1.807) is 19.2 Å². The monoisotopic (exact) mass is 538 g/mol. The highest BCUT2D eigenvalue weighted by Gasteiger charge is 2.43. The summed E-state index contributed by atoms with van der Waals surface area (Å²) in [6.07, 6.45) is -0.745. The Bertz CT molecular complexity index is 922. The maximum Gasteiger partial charge on any atom is 0.306 e. The summed E-state index contributed by atoms with van der Waals surface area (Å²) in [7, 11) is 2.88. The number of carbonyl (C=O) groups is 4. The Morgan fingerprint density at radius 1 is 1.11 bits per heavy atom. The zero-order valence-corrected chi connectivity index (χ0v) is 23.0. The number of nitrogens with one attached hydrogen (secondary N) is 2. The largest absolute Gasteiger partial charge is 0.497 e. The minimum atomic E-state index is -0.754. The highest BCUT2D eigenvalue weighted by atomic mass is 32.2. The van der Waals surface area contributed by atoms with Crippen LogP contribution in [-0.2, 0) is 33.4 Å². The average Bonchev–Trinajstić information content (AvgIpc) is 2.89. The van der Waals surface area contributed by atoms with E-state index in [-0.39, 0.29) is 36.3 Å². The van der Waals surface area contributed by atoms with Crippen LogP contribution >= 0.6 is 11.8 Å². The van der Waals surface area contributed by atoms with Crippen LogP contribution < -0.4 is 15.4 Å². The molecule has 1 aromatic rings. The van der Waals surface area contributed by atoms with Gasteiger partial charge in [0.15, 0.2) is 11.4 Å². The van der Waals surface area contributed by atoms with Gasteiger partial charge in [0, 0.05) is 42.2 Å². The minimum Gasteiger partial charge on any atom is -0.497 e. The second-order valence-electron chi connectivity index (χ2n) is 9.36. The van der Waals surface area contributed by atoms with Crippen LogP contribution in [0.1, 0.15) is 51.9 Å². The first kappa shape index (κ1) is 30.6. The Hall–Kier alpha value is -2.63. The molecule has 2 N–H and O–H groups in total. The predicted molar refractivity (Wildman–Crippen MR) is 139 cm³/mol. The first-order chi connectivity index (χ1) is 17.6. The molecule has 0 radical (unpaired) electrons. The van der Waals surface area contributed by atoms with Gasteiger partial charge in [-0.3, -0.25) is 19.2 Å². The number of amides is 2. The normalized spacial score (nSPS) is 19.4. The van der Waals surface area contributed by atoms with Crippen molar-refractivity contribution in [1.82, 2.24) is 10.6 Å². The molecule has 37 heavy (non-hydrogen) atoms. The van der Waals surface area contributed by atoms with Crippen LogP contribution in [0, 0.1) is 11.3 Å². The predicted octanol–water partition coefficient (Wildman–Crippen LogP) is 2.61. The van der Waals surface area contributed by atoms with Crippen LogP contribution in [0.5, 0.6) is 5.75 Å². The molecule has 0 aliphatic carbocycles. The average molecular weight is 539 g/mol. The van der Waals surface area contributed by atoms with E-state index in [0.29, 0.717) is 31.1 Å². The van der Waals surface area contributed by atoms with Crippen molar-refractivity contribution in [3.05, 3.63) is 29.8 Å². The first-order valence-electron chi connectivity index (χ1n) is 12.3. The molecule has 2 amide bonds. The second kappa shape index (κ2) is 14.9. The lowest BCUT2D eigenvalue weighted by Gasteiger charge is -2.41. The van der Waals surface area contributed by atoms with Gasteiger partial charge in [0.2, 0.25) is 11.8 Å². The molecule has 11 heteroatoms. The topological polar surface area (TPSA) is 129 Å². The molecular weight excluding hydrogens is 500 g/mol. The highest BCUT2D eigenvalue weighted by Crippen LogP contribution is 2.36. The summed E-state index contributed by atoms with van der Waals surface area (Å²) in [5, 5.41) is 5.42. The van der Waals surface area contributed by atoms with E-state index in [1.165, 1.54) is 7.11 Å². The third-order valence-electron chi connectivity index (χ3n) is 5.99. The Balaban J connectivity index is 1.73. The van der Waals surface area contributed by atoms with Crippen LogP contribution in [0.3, 0.4) is 0 Å². The summed E-state index contributed by atoms with van der Waals surface area (Å²) in [5.74, 6) is -0.256. The number of carbonyl (C=O) groups excluding carboxylic acids is 4. The fraction of sp³-hybridized carbons (Fsp3) is 0.615. The zero-order valence-electron chi connectivity index (χ0n) is 22.2. The maximum atomic E-state index is 12.9. The van der Waals surface area contributed by atoms with Crippen LogP contribution in [0.2, 0.25) is 0 Å². The van der Waals surface area contributed by atoms with Crippen molar-refractivity contribution in [2.24, 2.45) is 11.3 Å². The van der Waals surface area contributed by atoms with Crippen molar-refractivity contribution in [1.29, 1.82) is 0 Å². The van der Waals surface area contributed by atoms with Gasteiger partial charge in [-0.15, -0.1) is 0 Å². The molecular formula is C26H38N2O8S. The molecule has 0 spiro atoms. The summed E-state index contributed by atoms with van der Waals surface area (Å²) in [5.41, 5.74) is 0.226. The van der Waals surface area contributed by atoms with Gasteiger partial charge in [0.05, 0.1) is 27.2 Å². The third-order valence-corrected chi connectivity index (χ3v) is 7.02. The van der Waals surface area contributed by atoms with Crippen molar-refractivity contribution in [3.8, 4) is 5.75 Å². The van der Waals surface area contributed by atoms with Gasteiger partial charge in [-0.2, -0.15) is 0 Å². The Labute approximate surface area is 222 Å². The Morgan fingerprint density at radius 3 is 2.43 bits per heavy atom. The second-order valence-corrected chi connectivity index (χ2v) is 10.5. The lowest BCUT2D eigenvalue weighted by atomic mass is 9.85. The first-order valence-corrected chi connectivity index (χ1v) is 13.3. The molecule has 10 nitrogen and oxygen atoms in total. The number of esters is 1. The SMILES string of the molecule is CCC(CC(=O)OC)C(=O)SCCNC(=O)CCNC(=O)[C@@H]1OC(c2ccc(OC)cc2)OCC1(C)C. The van der Waals surface area contributed by atoms with Gasteiger partial charge in [0.25, 0.3) is 0 Å². The molecule has 206 valence electrons. The van der Waals surface area contributed by atoms with E-state index in [4.69, 9.17) is 14.2 Å². The number of hydrogen-bond donors (Lipinski definition) is 2. The Kier molecular flexibility index (Phi) is 12.4. The fourth-order valence-corrected chi connectivity index (χ4v) is 4.58. The molecule has 0 aromatic heterocycles. The number of benzene rings is 1. The summed E-state index contributed by atoms with van der Waals surface area (Å²) in [6, 6.07) is 7.26. The van der Waals surface area contributed by atoms with Crippen LogP contribution in [0.25, 0.3) is 0 Å². The molecule has 1 fully saturated rings. The minimum absolute atomic E-state index is 0.0549. The molecule has 2 rings (SSSR count). The molecule has 0 saturated carbocycles. The Morgan fingerprint density at radius 2 is 1.81 bits per heavy atom. The molecule has 3 atom stereocenters. The van der Waals surface area contributed by atoms with Crippen LogP contribution in [0.15, 0.2) is 24.3 Å². The number of hydrogen-bond acceptors (Lipinski definition) is 9. The molecule has 1 aliphatic heterocycles. The third kappa shape index (κ3) is 9.64. The summed E-state index contributed by atoms with van der Waals surface area (Å²) >= 11 is 1.08. The highest BCUT2D eigenvalue weighted by molar-refractivity contribution is 8.13. The smallest absolute Gasteiger partial charge is 0.306 e. The molecule has 1 saturated heterocycles. The van der Waals surface area contributed by atoms with E-state index in [9.17, 15) is 19.2 Å². The van der Waals surface area contributed by atoms with Crippen LogP contribution in [-0.4, -0.2) is 68.7 Å². The number of ether oxygens (including phenoxy) is 4. The van der Waals surface area contributed by atoms with E-state index in [1.807, 2.05) is 32.9 Å². The quantitative estimate of drug-likeness (QED) is 0.288. The molecule has 2 unspecified atom stereocenters. The van der Waals surface area contributed by atoms with Crippen molar-refractivity contribution >= 4 is 34.7 Å². The van der Waals surface area contributed by atoms with Gasteiger partial charge in [0.1, 0.15) is 11.9 Å². The van der Waals surface area contributed by atoms with Crippen LogP contribution in [0.4, 0.5) is 0 Å². The van der Waals surface area contributed by atoms with Gasteiger partial charge in [-0.25, -0.2) is 0 Å². The van der Waals surface area contributed by atoms with Gasteiger partial charge in [-0.1, -0.05) is 44.7 Å². The number of rotatable bonds is 13. The van der Waals surface area contributed by atoms with E-state index in [0.717, 1.165) is 17.3 Å². The summed E-state index contributed by atoms with van der Waals surface area (Å²) in [4.78, 5) is 48.7. The standard InChI is InChI=1S/C26H38N2O8S/c1-6-17(15-21(30)34-5)24(32)37-14-13-27-20(29)11-12-28-23(31)22-26(2,3)16-35-25(36-22)18-7-9-19(33-4)10-8-18/h7-10,17,22,25H,6,11-16H2,1-5H3,(H,27,29)(H,28,31)/t17?,22-,25?/m0/s1. The van der Waals surface area contributed by atoms with Gasteiger partial charge in [-0.05, 0) is 18.6 Å². The lowest BCUT2D eigenvalue weighted by Crippen LogP contribution is -2.52.